The lowest BCUT2D eigenvalue weighted by Gasteiger charge is -2.18. The van der Waals surface area contributed by atoms with Gasteiger partial charge in [-0.2, -0.15) is 0 Å². The average Bonchev–Trinajstić information content (AvgIpc) is 3.30. The molecule has 1 heterocycles. The number of allylic oxidation sites excluding steroid dienone is 2. The fraction of sp³-hybridized carbons (Fsp3) is 0.391. The average molecular weight is 439 g/mol. The minimum atomic E-state index is -0.351. The van der Waals surface area contributed by atoms with Gasteiger partial charge in [-0.3, -0.25) is 9.59 Å². The van der Waals surface area contributed by atoms with Crippen LogP contribution in [0.5, 0.6) is 11.5 Å². The Morgan fingerprint density at radius 2 is 1.81 bits per heavy atom. The van der Waals surface area contributed by atoms with E-state index in [4.69, 9.17) is 18.9 Å². The van der Waals surface area contributed by atoms with Gasteiger partial charge in [0.15, 0.2) is 17.3 Å². The van der Waals surface area contributed by atoms with Gasteiger partial charge < -0.3 is 24.3 Å². The second-order valence-electron chi connectivity index (χ2n) is 7.53. The van der Waals surface area contributed by atoms with Gasteiger partial charge in [0, 0.05) is 30.7 Å². The van der Waals surface area contributed by atoms with E-state index in [1.807, 2.05) is 0 Å². The van der Waals surface area contributed by atoms with Crippen LogP contribution in [0.15, 0.2) is 42.1 Å². The lowest BCUT2D eigenvalue weighted by Crippen LogP contribution is -2.22. The molecule has 1 aromatic heterocycles. The maximum Gasteiger partial charge on any atom is 0.222 e. The second-order valence-corrected chi connectivity index (χ2v) is 7.53. The van der Waals surface area contributed by atoms with E-state index in [1.165, 1.54) is 25.6 Å². The highest BCUT2D eigenvalue weighted by molar-refractivity contribution is 6.20. The first kappa shape index (κ1) is 21.8. The van der Waals surface area contributed by atoms with Crippen LogP contribution in [-0.2, 0) is 19.1 Å². The number of ketones is 2. The Morgan fingerprint density at radius 1 is 1.00 bits per heavy atom. The molecule has 0 atom stereocenters. The van der Waals surface area contributed by atoms with Gasteiger partial charge in [-0.05, 0) is 31.7 Å². The number of rotatable bonds is 9. The first-order valence-electron chi connectivity index (χ1n) is 10.5. The third kappa shape index (κ3) is 4.72. The van der Waals surface area contributed by atoms with E-state index in [9.17, 15) is 9.59 Å². The highest BCUT2D eigenvalue weighted by Crippen LogP contribution is 2.34. The number of hydrogen-bond donors (Lipinski definition) is 1. The van der Waals surface area contributed by atoms with Gasteiger partial charge in [0.2, 0.25) is 11.6 Å². The number of hydrogen-bond acceptors (Lipinski definition) is 9. The van der Waals surface area contributed by atoms with Crippen LogP contribution < -0.4 is 14.8 Å². The van der Waals surface area contributed by atoms with E-state index < -0.39 is 0 Å². The van der Waals surface area contributed by atoms with E-state index in [1.54, 1.807) is 19.2 Å². The number of nitrogens with one attached hydrogen (secondary N) is 1. The monoisotopic (exact) mass is 439 g/mol. The minimum Gasteiger partial charge on any atom is -0.493 e. The molecule has 0 unspecified atom stereocenters. The molecule has 2 aliphatic carbocycles. The maximum atomic E-state index is 12.6. The van der Waals surface area contributed by atoms with Gasteiger partial charge in [-0.25, -0.2) is 9.97 Å². The molecule has 2 aromatic rings. The topological polar surface area (TPSA) is 109 Å². The summed E-state index contributed by atoms with van der Waals surface area (Å²) in [6, 6.07) is 3.45. The molecule has 2 aliphatic rings. The molecule has 0 aliphatic heterocycles. The zero-order valence-corrected chi connectivity index (χ0v) is 18.1. The minimum absolute atomic E-state index is 0.000476. The standard InChI is InChI=1S/C23H25N3O6/c1-29-7-8-31-22-11-16-15(9-21(22)30-2)23(25-13-24-16)26-17-10-19(28)20(12-18(17)27)32-14-5-3-4-6-14/h9-14H,3-8H2,1-2H3,(H,24,25,26). The molecule has 168 valence electrons. The van der Waals surface area contributed by atoms with Gasteiger partial charge in [0.1, 0.15) is 18.8 Å². The van der Waals surface area contributed by atoms with Crippen molar-refractivity contribution in [3.05, 3.63) is 42.1 Å². The number of benzene rings is 1. The third-order valence-corrected chi connectivity index (χ3v) is 5.36. The van der Waals surface area contributed by atoms with Crippen LogP contribution in [0.2, 0.25) is 0 Å². The number of nitrogens with zero attached hydrogens (tertiary/aromatic N) is 2. The lowest BCUT2D eigenvalue weighted by molar-refractivity contribution is -0.118. The van der Waals surface area contributed by atoms with Crippen molar-refractivity contribution in [1.29, 1.82) is 0 Å². The number of fused-ring (bicyclic) bond motifs is 1. The van der Waals surface area contributed by atoms with Crippen LogP contribution in [0.25, 0.3) is 10.9 Å². The smallest absolute Gasteiger partial charge is 0.222 e. The summed E-state index contributed by atoms with van der Waals surface area (Å²) in [6.45, 7) is 0.789. The molecule has 0 bridgehead atoms. The zero-order chi connectivity index (χ0) is 22.5. The quantitative estimate of drug-likeness (QED) is 0.466. The van der Waals surface area contributed by atoms with Gasteiger partial charge in [0.05, 0.1) is 31.0 Å². The Balaban J connectivity index is 1.56. The number of methoxy groups -OCH3 is 2. The van der Waals surface area contributed by atoms with Crippen molar-refractivity contribution < 1.29 is 28.5 Å². The lowest BCUT2D eigenvalue weighted by atomic mass is 10.1. The molecule has 1 aromatic carbocycles. The molecule has 4 rings (SSSR count). The molecule has 9 nitrogen and oxygen atoms in total. The van der Waals surface area contributed by atoms with Crippen LogP contribution in [0.4, 0.5) is 5.82 Å². The summed E-state index contributed by atoms with van der Waals surface area (Å²) in [5, 5.41) is 3.58. The number of carbonyl (C=O) groups excluding carboxylic acids is 2. The van der Waals surface area contributed by atoms with Crippen LogP contribution in [-0.4, -0.2) is 55.1 Å². The van der Waals surface area contributed by atoms with Crippen molar-refractivity contribution in [3.8, 4) is 11.5 Å². The third-order valence-electron chi connectivity index (χ3n) is 5.36. The van der Waals surface area contributed by atoms with Crippen LogP contribution in [0.3, 0.4) is 0 Å². The number of ether oxygens (including phenoxy) is 4. The largest absolute Gasteiger partial charge is 0.493 e. The predicted molar refractivity (Wildman–Crippen MR) is 117 cm³/mol. The summed E-state index contributed by atoms with van der Waals surface area (Å²) in [5.41, 5.74) is 0.708. The Labute approximate surface area is 185 Å². The SMILES string of the molecule is COCCOc1cc2ncnc(NC3=CC(=O)C(OC4CCCC4)=CC3=O)c2cc1OC. The van der Waals surface area contributed by atoms with E-state index in [0.29, 0.717) is 41.4 Å². The van der Waals surface area contributed by atoms with Gasteiger partial charge in [0.25, 0.3) is 0 Å². The molecule has 0 amide bonds. The second kappa shape index (κ2) is 9.78. The molecule has 0 saturated heterocycles. The fourth-order valence-corrected chi connectivity index (χ4v) is 3.72. The highest BCUT2D eigenvalue weighted by Gasteiger charge is 2.26. The Hall–Kier alpha value is -3.46. The van der Waals surface area contributed by atoms with Crippen molar-refractivity contribution in [1.82, 2.24) is 9.97 Å². The first-order valence-corrected chi connectivity index (χ1v) is 10.5. The van der Waals surface area contributed by atoms with Crippen LogP contribution in [0.1, 0.15) is 25.7 Å². The molecule has 9 heteroatoms. The summed E-state index contributed by atoms with van der Waals surface area (Å²) in [4.78, 5) is 33.7. The Morgan fingerprint density at radius 3 is 2.56 bits per heavy atom. The number of aromatic nitrogens is 2. The van der Waals surface area contributed by atoms with Crippen molar-refractivity contribution in [2.24, 2.45) is 0 Å². The summed E-state index contributed by atoms with van der Waals surface area (Å²) in [6.07, 6.45) is 7.82. The first-order chi connectivity index (χ1) is 15.6. The number of anilines is 1. The summed E-state index contributed by atoms with van der Waals surface area (Å²) < 4.78 is 21.9. The summed E-state index contributed by atoms with van der Waals surface area (Å²) >= 11 is 0. The fourth-order valence-electron chi connectivity index (χ4n) is 3.72. The molecular weight excluding hydrogens is 414 g/mol. The van der Waals surface area contributed by atoms with Crippen LogP contribution >= 0.6 is 0 Å². The molecule has 1 N–H and O–H groups in total. The van der Waals surface area contributed by atoms with E-state index in [0.717, 1.165) is 25.7 Å². The Bertz CT molecular complexity index is 1090. The van der Waals surface area contributed by atoms with Crippen molar-refractivity contribution in [2.75, 3.05) is 32.8 Å². The molecule has 0 spiro atoms. The summed E-state index contributed by atoms with van der Waals surface area (Å²) in [7, 11) is 3.13. The molecular formula is C23H25N3O6. The van der Waals surface area contributed by atoms with Crippen molar-refractivity contribution in [3.63, 3.8) is 0 Å². The molecule has 0 radical (unpaired) electrons. The maximum absolute atomic E-state index is 12.6. The molecule has 1 saturated carbocycles. The van der Waals surface area contributed by atoms with Crippen LogP contribution in [0, 0.1) is 0 Å². The van der Waals surface area contributed by atoms with Crippen molar-refractivity contribution >= 4 is 28.3 Å². The van der Waals surface area contributed by atoms with E-state index in [-0.39, 0.29) is 29.1 Å². The van der Waals surface area contributed by atoms with Gasteiger partial charge >= 0.3 is 0 Å². The summed E-state index contributed by atoms with van der Waals surface area (Å²) in [5.74, 6) is 0.775. The normalized spacial score (nSPS) is 16.7. The van der Waals surface area contributed by atoms with E-state index >= 15 is 0 Å². The number of carbonyl (C=O) groups is 2. The zero-order valence-electron chi connectivity index (χ0n) is 18.1. The molecule has 1 fully saturated rings. The van der Waals surface area contributed by atoms with Gasteiger partial charge in [-0.15, -0.1) is 0 Å². The van der Waals surface area contributed by atoms with E-state index in [2.05, 4.69) is 15.3 Å². The van der Waals surface area contributed by atoms with Crippen molar-refractivity contribution in [2.45, 2.75) is 31.8 Å². The van der Waals surface area contributed by atoms with Gasteiger partial charge in [-0.1, -0.05) is 0 Å². The Kier molecular flexibility index (Phi) is 6.65. The predicted octanol–water partition coefficient (Wildman–Crippen LogP) is 2.95. The molecule has 32 heavy (non-hydrogen) atoms. The highest BCUT2D eigenvalue weighted by atomic mass is 16.5.